The van der Waals surface area contributed by atoms with Gasteiger partial charge < -0.3 is 4.74 Å². The number of ether oxygens (including phenoxy) is 1. The van der Waals surface area contributed by atoms with E-state index in [1.165, 1.54) is 0 Å². The van der Waals surface area contributed by atoms with Gasteiger partial charge >= 0.3 is 0 Å². The van der Waals surface area contributed by atoms with Crippen LogP contribution in [0, 0.1) is 6.92 Å². The summed E-state index contributed by atoms with van der Waals surface area (Å²) in [5.74, 6) is 0. The van der Waals surface area contributed by atoms with Crippen molar-refractivity contribution in [1.29, 1.82) is 0 Å². The van der Waals surface area contributed by atoms with Crippen molar-refractivity contribution in [2.45, 2.75) is 30.4 Å². The van der Waals surface area contributed by atoms with E-state index < -0.39 is 16.2 Å². The van der Waals surface area contributed by atoms with Crippen LogP contribution in [0.2, 0.25) is 0 Å². The Hall–Kier alpha value is -1.69. The second-order valence-electron chi connectivity index (χ2n) is 5.45. The molecule has 116 valence electrons. The molecule has 2 unspecified atom stereocenters. The first-order valence-corrected chi connectivity index (χ1v) is 8.62. The molecule has 1 aliphatic rings. The lowest BCUT2D eigenvalue weighted by atomic mass is 10.1. The molecular weight excluding hydrogens is 300 g/mol. The fourth-order valence-corrected chi connectivity index (χ4v) is 3.33. The summed E-state index contributed by atoms with van der Waals surface area (Å²) in [4.78, 5) is 0.177. The first-order chi connectivity index (χ1) is 10.5. The Morgan fingerprint density at radius 1 is 1.14 bits per heavy atom. The molecule has 0 saturated carbocycles. The molecule has 22 heavy (non-hydrogen) atoms. The SMILES string of the molecule is Cc1ccc(S(=O)(=O)OC(CC2CO2)c2ccccc2)cc1. The van der Waals surface area contributed by atoms with Gasteiger partial charge in [0.25, 0.3) is 10.1 Å². The number of epoxide rings is 1. The second-order valence-corrected chi connectivity index (χ2v) is 7.03. The number of hydrogen-bond acceptors (Lipinski definition) is 4. The lowest BCUT2D eigenvalue weighted by Gasteiger charge is -2.17. The number of aryl methyl sites for hydroxylation is 1. The number of hydrogen-bond donors (Lipinski definition) is 0. The van der Waals surface area contributed by atoms with Crippen molar-refractivity contribution in [2.75, 3.05) is 6.61 Å². The van der Waals surface area contributed by atoms with Crippen molar-refractivity contribution in [1.82, 2.24) is 0 Å². The minimum atomic E-state index is -3.80. The molecule has 1 aliphatic heterocycles. The van der Waals surface area contributed by atoms with Crippen LogP contribution in [-0.2, 0) is 19.0 Å². The smallest absolute Gasteiger partial charge is 0.297 e. The van der Waals surface area contributed by atoms with Gasteiger partial charge in [-0.1, -0.05) is 48.0 Å². The van der Waals surface area contributed by atoms with Crippen molar-refractivity contribution >= 4 is 10.1 Å². The molecule has 0 radical (unpaired) electrons. The highest BCUT2D eigenvalue weighted by Gasteiger charge is 2.31. The molecule has 4 nitrogen and oxygen atoms in total. The molecule has 0 aliphatic carbocycles. The van der Waals surface area contributed by atoms with Crippen molar-refractivity contribution in [3.63, 3.8) is 0 Å². The number of rotatable bonds is 6. The highest BCUT2D eigenvalue weighted by molar-refractivity contribution is 7.86. The van der Waals surface area contributed by atoms with E-state index >= 15 is 0 Å². The molecule has 3 rings (SSSR count). The van der Waals surface area contributed by atoms with Crippen LogP contribution in [0.15, 0.2) is 59.5 Å². The van der Waals surface area contributed by atoms with Crippen LogP contribution in [0.25, 0.3) is 0 Å². The topological polar surface area (TPSA) is 55.9 Å². The van der Waals surface area contributed by atoms with Crippen molar-refractivity contribution in [2.24, 2.45) is 0 Å². The molecule has 0 aromatic heterocycles. The highest BCUT2D eigenvalue weighted by atomic mass is 32.2. The lowest BCUT2D eigenvalue weighted by Crippen LogP contribution is -2.14. The zero-order valence-electron chi connectivity index (χ0n) is 12.3. The van der Waals surface area contributed by atoms with Crippen LogP contribution < -0.4 is 0 Å². The normalized spacial score (nSPS) is 18.9. The van der Waals surface area contributed by atoms with Gasteiger partial charge in [-0.25, -0.2) is 0 Å². The van der Waals surface area contributed by atoms with Crippen LogP contribution in [0.4, 0.5) is 0 Å². The summed E-state index contributed by atoms with van der Waals surface area (Å²) in [6.07, 6.45) is 0.0909. The Labute approximate surface area is 130 Å². The second kappa shape index (κ2) is 6.20. The first-order valence-electron chi connectivity index (χ1n) is 7.21. The zero-order valence-corrected chi connectivity index (χ0v) is 13.1. The van der Waals surface area contributed by atoms with Gasteiger partial charge in [-0.3, -0.25) is 4.18 Å². The molecule has 2 aromatic carbocycles. The lowest BCUT2D eigenvalue weighted by molar-refractivity contribution is 0.187. The maximum Gasteiger partial charge on any atom is 0.297 e. The average molecular weight is 318 g/mol. The Morgan fingerprint density at radius 3 is 2.36 bits per heavy atom. The van der Waals surface area contributed by atoms with E-state index in [0.717, 1.165) is 11.1 Å². The van der Waals surface area contributed by atoms with Gasteiger partial charge in [-0.05, 0) is 24.6 Å². The van der Waals surface area contributed by atoms with E-state index in [0.29, 0.717) is 13.0 Å². The van der Waals surface area contributed by atoms with E-state index in [4.69, 9.17) is 8.92 Å². The molecular formula is C17H18O4S. The van der Waals surface area contributed by atoms with Gasteiger partial charge in [0.15, 0.2) is 0 Å². The quantitative estimate of drug-likeness (QED) is 0.606. The summed E-state index contributed by atoms with van der Waals surface area (Å²) in [7, 11) is -3.80. The Kier molecular flexibility index (Phi) is 4.29. The molecule has 1 fully saturated rings. The third-order valence-corrected chi connectivity index (χ3v) is 4.94. The van der Waals surface area contributed by atoms with Crippen LogP contribution in [0.5, 0.6) is 0 Å². The largest absolute Gasteiger partial charge is 0.373 e. The fourth-order valence-electron chi connectivity index (χ4n) is 2.25. The third-order valence-electron chi connectivity index (χ3n) is 3.60. The summed E-state index contributed by atoms with van der Waals surface area (Å²) >= 11 is 0. The van der Waals surface area contributed by atoms with Gasteiger partial charge in [0, 0.05) is 6.42 Å². The van der Waals surface area contributed by atoms with Crippen molar-refractivity contribution < 1.29 is 17.3 Å². The van der Waals surface area contributed by atoms with E-state index in [-0.39, 0.29) is 11.0 Å². The van der Waals surface area contributed by atoms with E-state index in [9.17, 15) is 8.42 Å². The zero-order chi connectivity index (χ0) is 15.6. The van der Waals surface area contributed by atoms with Gasteiger partial charge in [0.05, 0.1) is 17.6 Å². The predicted molar refractivity (Wildman–Crippen MR) is 83.0 cm³/mol. The van der Waals surface area contributed by atoms with E-state index in [2.05, 4.69) is 0 Å². The van der Waals surface area contributed by atoms with Crippen LogP contribution >= 0.6 is 0 Å². The number of benzene rings is 2. The molecule has 0 N–H and O–H groups in total. The molecule has 5 heteroatoms. The van der Waals surface area contributed by atoms with Gasteiger partial charge in [0.2, 0.25) is 0 Å². The van der Waals surface area contributed by atoms with E-state index in [1.54, 1.807) is 24.3 Å². The van der Waals surface area contributed by atoms with Gasteiger partial charge in [0.1, 0.15) is 6.10 Å². The van der Waals surface area contributed by atoms with E-state index in [1.807, 2.05) is 37.3 Å². The van der Waals surface area contributed by atoms with Crippen LogP contribution in [0.1, 0.15) is 23.7 Å². The monoisotopic (exact) mass is 318 g/mol. The minimum absolute atomic E-state index is 0.0819. The molecule has 2 aromatic rings. The fraction of sp³-hybridized carbons (Fsp3) is 0.294. The van der Waals surface area contributed by atoms with Gasteiger partial charge in [-0.15, -0.1) is 0 Å². The Bertz CT molecular complexity index is 719. The van der Waals surface area contributed by atoms with Gasteiger partial charge in [-0.2, -0.15) is 8.42 Å². The van der Waals surface area contributed by atoms with Crippen molar-refractivity contribution in [3.05, 3.63) is 65.7 Å². The molecule has 2 atom stereocenters. The van der Waals surface area contributed by atoms with Crippen LogP contribution in [-0.4, -0.2) is 21.1 Å². The average Bonchev–Trinajstić information content (AvgIpc) is 3.32. The van der Waals surface area contributed by atoms with Crippen molar-refractivity contribution in [3.8, 4) is 0 Å². The summed E-state index contributed by atoms with van der Waals surface area (Å²) in [5.41, 5.74) is 1.85. The summed E-state index contributed by atoms with van der Waals surface area (Å²) in [6.45, 7) is 2.58. The predicted octanol–water partition coefficient (Wildman–Crippen LogP) is 3.23. The highest BCUT2D eigenvalue weighted by Crippen LogP contribution is 2.31. The molecule has 0 spiro atoms. The Morgan fingerprint density at radius 2 is 1.77 bits per heavy atom. The van der Waals surface area contributed by atoms with Crippen LogP contribution in [0.3, 0.4) is 0 Å². The summed E-state index contributed by atoms with van der Waals surface area (Å²) < 4.78 is 35.6. The summed E-state index contributed by atoms with van der Waals surface area (Å²) in [5, 5.41) is 0. The Balaban J connectivity index is 1.84. The first kappa shape index (κ1) is 15.2. The standard InChI is InChI=1S/C17H18O4S/c1-13-7-9-16(10-8-13)22(18,19)21-17(11-15-12-20-15)14-5-3-2-4-6-14/h2-10,15,17H,11-12H2,1H3. The maximum absolute atomic E-state index is 12.5. The molecule has 1 saturated heterocycles. The molecule has 0 bridgehead atoms. The molecule has 1 heterocycles. The maximum atomic E-state index is 12.5. The minimum Gasteiger partial charge on any atom is -0.373 e. The molecule has 0 amide bonds. The summed E-state index contributed by atoms with van der Waals surface area (Å²) in [6, 6.07) is 16.0. The third kappa shape index (κ3) is 3.74.